The van der Waals surface area contributed by atoms with Crippen molar-refractivity contribution in [2.24, 2.45) is 5.73 Å². The van der Waals surface area contributed by atoms with Crippen molar-refractivity contribution in [2.45, 2.75) is 13.5 Å². The Hall–Kier alpha value is -2.20. The molecule has 0 fully saturated rings. The molecule has 2 N–H and O–H groups in total. The molecule has 3 rings (SSSR count). The Balaban J connectivity index is 0.000000637. The summed E-state index contributed by atoms with van der Waals surface area (Å²) in [5, 5.41) is 2.36. The number of fused-ring (bicyclic) bond motifs is 3. The molecule has 0 spiro atoms. The smallest absolute Gasteiger partial charge is 0.150 e. The van der Waals surface area contributed by atoms with Gasteiger partial charge in [0.25, 0.3) is 0 Å². The molecule has 98 valence electrons. The fourth-order valence-corrected chi connectivity index (χ4v) is 2.37. The average molecular weight is 255 g/mol. The molecular weight excluding hydrogens is 238 g/mol. The lowest BCUT2D eigenvalue weighted by molar-refractivity contribution is 0.112. The van der Waals surface area contributed by atoms with Crippen LogP contribution in [-0.2, 0) is 6.54 Å². The van der Waals surface area contributed by atoms with E-state index in [0.717, 1.165) is 23.9 Å². The van der Waals surface area contributed by atoms with Crippen molar-refractivity contribution in [1.82, 2.24) is 9.55 Å². The second-order valence-corrected chi connectivity index (χ2v) is 4.03. The standard InChI is InChI=1S/C14H12N2O.CH5N/c1-2-16-13-7-10(9-17)3-4-11(13)12-5-6-15-8-14(12)16;1-2/h3-9H,2H2,1H3;2H2,1H3. The minimum Gasteiger partial charge on any atom is -0.339 e. The minimum absolute atomic E-state index is 0.711. The van der Waals surface area contributed by atoms with E-state index in [2.05, 4.69) is 22.2 Å². The highest BCUT2D eigenvalue weighted by atomic mass is 16.1. The summed E-state index contributed by atoms with van der Waals surface area (Å²) < 4.78 is 2.19. The first-order valence-electron chi connectivity index (χ1n) is 6.24. The second kappa shape index (κ2) is 5.63. The fraction of sp³-hybridized carbons (Fsp3) is 0.200. The maximum Gasteiger partial charge on any atom is 0.150 e. The number of nitrogens with zero attached hydrogens (tertiary/aromatic N) is 2. The highest BCUT2D eigenvalue weighted by Crippen LogP contribution is 2.28. The van der Waals surface area contributed by atoms with Gasteiger partial charge in [-0.05, 0) is 26.1 Å². The van der Waals surface area contributed by atoms with Crippen LogP contribution in [0.4, 0.5) is 0 Å². The van der Waals surface area contributed by atoms with Crippen LogP contribution in [0.15, 0.2) is 36.7 Å². The Kier molecular flexibility index (Phi) is 3.92. The summed E-state index contributed by atoms with van der Waals surface area (Å²) in [6.07, 6.45) is 4.56. The highest BCUT2D eigenvalue weighted by Gasteiger charge is 2.09. The number of hydrogen-bond acceptors (Lipinski definition) is 3. The van der Waals surface area contributed by atoms with Crippen LogP contribution in [0.2, 0.25) is 0 Å². The summed E-state index contributed by atoms with van der Waals surface area (Å²) in [5.74, 6) is 0. The van der Waals surface area contributed by atoms with Crippen LogP contribution < -0.4 is 5.73 Å². The van der Waals surface area contributed by atoms with Gasteiger partial charge in [-0.15, -0.1) is 0 Å². The van der Waals surface area contributed by atoms with Crippen LogP contribution in [0, 0.1) is 0 Å². The first kappa shape index (κ1) is 13.2. The van der Waals surface area contributed by atoms with Crippen LogP contribution in [-0.4, -0.2) is 22.9 Å². The molecule has 0 saturated heterocycles. The van der Waals surface area contributed by atoms with Crippen molar-refractivity contribution >= 4 is 28.1 Å². The third kappa shape index (κ3) is 2.11. The molecule has 0 atom stereocenters. The fourth-order valence-electron chi connectivity index (χ4n) is 2.37. The molecule has 4 heteroatoms. The maximum atomic E-state index is 10.8. The lowest BCUT2D eigenvalue weighted by Gasteiger charge is -2.02. The van der Waals surface area contributed by atoms with Gasteiger partial charge in [0.15, 0.2) is 0 Å². The van der Waals surface area contributed by atoms with E-state index in [1.807, 2.05) is 30.5 Å². The molecule has 0 aliphatic rings. The molecule has 3 aromatic rings. The summed E-state index contributed by atoms with van der Waals surface area (Å²) in [6.45, 7) is 2.97. The number of carbonyl (C=O) groups is 1. The SMILES string of the molecule is CCn1c2cnccc2c2ccc(C=O)cc21.CN. The van der Waals surface area contributed by atoms with E-state index in [-0.39, 0.29) is 0 Å². The molecule has 0 bridgehead atoms. The van der Waals surface area contributed by atoms with Crippen molar-refractivity contribution in [3.8, 4) is 0 Å². The normalized spacial score (nSPS) is 10.3. The number of pyridine rings is 1. The van der Waals surface area contributed by atoms with Gasteiger partial charge in [-0.1, -0.05) is 12.1 Å². The van der Waals surface area contributed by atoms with E-state index >= 15 is 0 Å². The molecule has 2 heterocycles. The lowest BCUT2D eigenvalue weighted by atomic mass is 10.1. The first-order valence-corrected chi connectivity index (χ1v) is 6.24. The van der Waals surface area contributed by atoms with Crippen molar-refractivity contribution in [2.75, 3.05) is 7.05 Å². The topological polar surface area (TPSA) is 60.9 Å². The second-order valence-electron chi connectivity index (χ2n) is 4.03. The molecule has 0 radical (unpaired) electrons. The van der Waals surface area contributed by atoms with Crippen LogP contribution >= 0.6 is 0 Å². The molecule has 0 amide bonds. The van der Waals surface area contributed by atoms with Crippen LogP contribution in [0.5, 0.6) is 0 Å². The molecular formula is C15H17N3O. The Morgan fingerprint density at radius 2 is 1.95 bits per heavy atom. The van der Waals surface area contributed by atoms with Crippen molar-refractivity contribution in [3.05, 3.63) is 42.2 Å². The summed E-state index contributed by atoms with van der Waals surface area (Å²) >= 11 is 0. The van der Waals surface area contributed by atoms with Gasteiger partial charge in [0.1, 0.15) is 6.29 Å². The average Bonchev–Trinajstić information content (AvgIpc) is 2.82. The molecule has 0 saturated carbocycles. The minimum atomic E-state index is 0.711. The lowest BCUT2D eigenvalue weighted by Crippen LogP contribution is -1.93. The number of rotatable bonds is 2. The Bertz CT molecular complexity index is 716. The number of aryl methyl sites for hydroxylation is 1. The van der Waals surface area contributed by atoms with Gasteiger partial charge in [-0.3, -0.25) is 9.78 Å². The Morgan fingerprint density at radius 3 is 2.63 bits per heavy atom. The quantitative estimate of drug-likeness (QED) is 0.716. The van der Waals surface area contributed by atoms with Crippen molar-refractivity contribution < 1.29 is 4.79 Å². The van der Waals surface area contributed by atoms with Crippen LogP contribution in [0.1, 0.15) is 17.3 Å². The van der Waals surface area contributed by atoms with Gasteiger partial charge in [0, 0.05) is 34.6 Å². The molecule has 0 aliphatic heterocycles. The van der Waals surface area contributed by atoms with Crippen LogP contribution in [0.25, 0.3) is 21.8 Å². The third-order valence-electron chi connectivity index (χ3n) is 3.15. The van der Waals surface area contributed by atoms with Crippen LogP contribution in [0.3, 0.4) is 0 Å². The number of carbonyl (C=O) groups excluding carboxylic acids is 1. The number of aromatic nitrogens is 2. The highest BCUT2D eigenvalue weighted by molar-refractivity contribution is 6.08. The predicted octanol–water partition coefficient (Wildman–Crippen LogP) is 2.60. The van der Waals surface area contributed by atoms with Gasteiger partial charge in [-0.25, -0.2) is 0 Å². The van der Waals surface area contributed by atoms with Crippen molar-refractivity contribution in [1.29, 1.82) is 0 Å². The summed E-state index contributed by atoms with van der Waals surface area (Å²) in [7, 11) is 1.50. The third-order valence-corrected chi connectivity index (χ3v) is 3.15. The zero-order valence-corrected chi connectivity index (χ0v) is 11.1. The number of aldehydes is 1. The predicted molar refractivity (Wildman–Crippen MR) is 78.4 cm³/mol. The Labute approximate surface area is 111 Å². The number of hydrogen-bond donors (Lipinski definition) is 1. The maximum absolute atomic E-state index is 10.8. The molecule has 1 aromatic carbocycles. The molecule has 0 unspecified atom stereocenters. The van der Waals surface area contributed by atoms with E-state index in [1.165, 1.54) is 17.8 Å². The van der Waals surface area contributed by atoms with E-state index < -0.39 is 0 Å². The first-order chi connectivity index (χ1) is 9.35. The number of nitrogens with two attached hydrogens (primary N) is 1. The van der Waals surface area contributed by atoms with Gasteiger partial charge >= 0.3 is 0 Å². The summed E-state index contributed by atoms with van der Waals surface area (Å²) in [5.41, 5.74) is 7.43. The molecule has 19 heavy (non-hydrogen) atoms. The molecule has 0 aliphatic carbocycles. The Morgan fingerprint density at radius 1 is 1.21 bits per heavy atom. The molecule has 4 nitrogen and oxygen atoms in total. The summed E-state index contributed by atoms with van der Waals surface area (Å²) in [6, 6.07) is 7.82. The van der Waals surface area contributed by atoms with Gasteiger partial charge in [-0.2, -0.15) is 0 Å². The van der Waals surface area contributed by atoms with E-state index in [9.17, 15) is 4.79 Å². The van der Waals surface area contributed by atoms with E-state index in [1.54, 1.807) is 6.20 Å². The largest absolute Gasteiger partial charge is 0.339 e. The van der Waals surface area contributed by atoms with Gasteiger partial charge < -0.3 is 10.3 Å². The zero-order chi connectivity index (χ0) is 13.8. The van der Waals surface area contributed by atoms with E-state index in [4.69, 9.17) is 0 Å². The van der Waals surface area contributed by atoms with E-state index in [0.29, 0.717) is 5.56 Å². The van der Waals surface area contributed by atoms with Gasteiger partial charge in [0.2, 0.25) is 0 Å². The zero-order valence-electron chi connectivity index (χ0n) is 11.1. The molecule has 2 aromatic heterocycles. The van der Waals surface area contributed by atoms with Crippen molar-refractivity contribution in [3.63, 3.8) is 0 Å². The van der Waals surface area contributed by atoms with Gasteiger partial charge in [0.05, 0.1) is 11.7 Å². The number of benzene rings is 1. The monoisotopic (exact) mass is 255 g/mol. The summed E-state index contributed by atoms with van der Waals surface area (Å²) in [4.78, 5) is 15.0.